The van der Waals surface area contributed by atoms with Gasteiger partial charge in [-0.15, -0.1) is 10.2 Å². The summed E-state index contributed by atoms with van der Waals surface area (Å²) in [5.41, 5.74) is 0.281. The maximum absolute atomic E-state index is 12.1. The third-order valence-electron chi connectivity index (χ3n) is 3.04. The Hall–Kier alpha value is -0.520. The molecule has 0 saturated heterocycles. The number of halogens is 2. The van der Waals surface area contributed by atoms with E-state index in [1.54, 1.807) is 11.8 Å². The molecule has 0 radical (unpaired) electrons. The Labute approximate surface area is 120 Å². The van der Waals surface area contributed by atoms with Crippen LogP contribution >= 0.6 is 35.0 Å². The number of carbonyl (C=O) groups is 1. The number of hydrogen-bond donors (Lipinski definition) is 1. The molecule has 0 spiro atoms. The highest BCUT2D eigenvalue weighted by molar-refractivity contribution is 7.99. The molecule has 1 N–H and O–H groups in total. The minimum absolute atomic E-state index is 0.0793. The number of carbonyl (C=O) groups excluding carboxylic acids is 1. The van der Waals surface area contributed by atoms with Gasteiger partial charge in [0.2, 0.25) is 0 Å². The first-order chi connectivity index (χ1) is 8.61. The zero-order chi connectivity index (χ0) is 13.1. The molecule has 4 nitrogen and oxygen atoms in total. The highest BCUT2D eigenvalue weighted by atomic mass is 35.5. The number of thioether (sulfide) groups is 1. The van der Waals surface area contributed by atoms with Gasteiger partial charge in [0.25, 0.3) is 5.91 Å². The van der Waals surface area contributed by atoms with Crippen molar-refractivity contribution in [2.45, 2.75) is 30.6 Å². The van der Waals surface area contributed by atoms with Crippen LogP contribution in [-0.2, 0) is 0 Å². The van der Waals surface area contributed by atoms with Gasteiger partial charge in [0, 0.05) is 11.3 Å². The van der Waals surface area contributed by atoms with E-state index in [4.69, 9.17) is 23.2 Å². The molecule has 2 atom stereocenters. The normalized spacial score (nSPS) is 23.1. The van der Waals surface area contributed by atoms with E-state index >= 15 is 0 Å². The summed E-state index contributed by atoms with van der Waals surface area (Å²) in [6.45, 7) is 0. The summed E-state index contributed by atoms with van der Waals surface area (Å²) in [5.74, 6) is -0.234. The van der Waals surface area contributed by atoms with Crippen molar-refractivity contribution in [3.63, 3.8) is 0 Å². The Balaban J connectivity index is 2.09. The zero-order valence-corrected chi connectivity index (χ0v) is 12.1. The molecule has 98 valence electrons. The largest absolute Gasteiger partial charge is 0.348 e. The van der Waals surface area contributed by atoms with Gasteiger partial charge in [0.15, 0.2) is 10.3 Å². The molecule has 1 aromatic rings. The molecule has 0 bridgehead atoms. The maximum atomic E-state index is 12.1. The second-order valence-electron chi connectivity index (χ2n) is 4.16. The molecule has 0 aromatic carbocycles. The average molecular weight is 306 g/mol. The minimum atomic E-state index is -0.234. The summed E-state index contributed by atoms with van der Waals surface area (Å²) >= 11 is 13.3. The van der Waals surface area contributed by atoms with Gasteiger partial charge in [-0.1, -0.05) is 29.6 Å². The van der Waals surface area contributed by atoms with Gasteiger partial charge < -0.3 is 5.32 Å². The fourth-order valence-corrected chi connectivity index (χ4v) is 3.39. The molecule has 1 fully saturated rings. The van der Waals surface area contributed by atoms with Crippen LogP contribution in [0.3, 0.4) is 0 Å². The van der Waals surface area contributed by atoms with Gasteiger partial charge in [-0.2, -0.15) is 11.8 Å². The van der Waals surface area contributed by atoms with E-state index in [9.17, 15) is 4.79 Å². The topological polar surface area (TPSA) is 54.9 Å². The lowest BCUT2D eigenvalue weighted by Gasteiger charge is -2.19. The predicted molar refractivity (Wildman–Crippen MR) is 74.5 cm³/mol. The summed E-state index contributed by atoms with van der Waals surface area (Å²) in [4.78, 5) is 12.1. The Kier molecular flexibility index (Phi) is 4.70. The molecule has 18 heavy (non-hydrogen) atoms. The first-order valence-electron chi connectivity index (χ1n) is 5.64. The second-order valence-corrected chi connectivity index (χ2v) is 5.98. The van der Waals surface area contributed by atoms with Crippen molar-refractivity contribution >= 4 is 40.9 Å². The summed E-state index contributed by atoms with van der Waals surface area (Å²) in [7, 11) is 0. The molecule has 1 aromatic heterocycles. The predicted octanol–water partition coefficient (Wildman–Crippen LogP) is 2.80. The Bertz CT molecular complexity index is 458. The molecular formula is C11H13Cl2N3OS. The van der Waals surface area contributed by atoms with E-state index in [1.807, 2.05) is 0 Å². The van der Waals surface area contributed by atoms with Crippen molar-refractivity contribution in [1.82, 2.24) is 15.5 Å². The van der Waals surface area contributed by atoms with Gasteiger partial charge in [-0.05, 0) is 25.2 Å². The molecule has 1 aliphatic rings. The van der Waals surface area contributed by atoms with E-state index < -0.39 is 0 Å². The lowest BCUT2D eigenvalue weighted by Crippen LogP contribution is -2.38. The standard InChI is InChI=1S/C11H13Cl2N3OS/c1-18-8-4-2-3-7(8)14-11(17)6-5-9(12)15-16-10(6)13/h5,7-8H,2-4H2,1H3,(H,14,17). The zero-order valence-electron chi connectivity index (χ0n) is 9.82. The SMILES string of the molecule is CSC1CCCC1NC(=O)c1cc(Cl)nnc1Cl. The fraction of sp³-hybridized carbons (Fsp3) is 0.545. The van der Waals surface area contributed by atoms with Crippen LogP contribution in [0.25, 0.3) is 0 Å². The minimum Gasteiger partial charge on any atom is -0.348 e. The first-order valence-corrected chi connectivity index (χ1v) is 7.68. The molecular weight excluding hydrogens is 293 g/mol. The lowest BCUT2D eigenvalue weighted by atomic mass is 10.2. The second kappa shape index (κ2) is 6.08. The van der Waals surface area contributed by atoms with Crippen LogP contribution in [-0.4, -0.2) is 33.7 Å². The maximum Gasteiger partial charge on any atom is 0.254 e. The van der Waals surface area contributed by atoms with Crippen molar-refractivity contribution < 1.29 is 4.79 Å². The van der Waals surface area contributed by atoms with Gasteiger partial charge in [0.05, 0.1) is 5.56 Å². The van der Waals surface area contributed by atoms with Gasteiger partial charge in [0.1, 0.15) is 0 Å². The van der Waals surface area contributed by atoms with E-state index in [2.05, 4.69) is 21.8 Å². The van der Waals surface area contributed by atoms with Crippen LogP contribution < -0.4 is 5.32 Å². The number of aromatic nitrogens is 2. The van der Waals surface area contributed by atoms with Crippen LogP contribution in [0.15, 0.2) is 6.07 Å². The third-order valence-corrected chi connectivity index (χ3v) is 4.67. The van der Waals surface area contributed by atoms with Crippen LogP contribution in [0.1, 0.15) is 29.6 Å². The number of hydrogen-bond acceptors (Lipinski definition) is 4. The van der Waals surface area contributed by atoms with E-state index in [-0.39, 0.29) is 27.8 Å². The summed E-state index contributed by atoms with van der Waals surface area (Å²) < 4.78 is 0. The van der Waals surface area contributed by atoms with Crippen molar-refractivity contribution in [3.05, 3.63) is 21.9 Å². The quantitative estimate of drug-likeness (QED) is 0.933. The van der Waals surface area contributed by atoms with Crippen LogP contribution in [0.4, 0.5) is 0 Å². The molecule has 1 amide bonds. The van der Waals surface area contributed by atoms with Crippen LogP contribution in [0.2, 0.25) is 10.3 Å². The monoisotopic (exact) mass is 305 g/mol. The van der Waals surface area contributed by atoms with Crippen LogP contribution in [0.5, 0.6) is 0 Å². The third kappa shape index (κ3) is 3.08. The summed E-state index contributed by atoms with van der Waals surface area (Å²) in [6, 6.07) is 1.63. The number of nitrogens with one attached hydrogen (secondary N) is 1. The first kappa shape index (κ1) is 13.9. The van der Waals surface area contributed by atoms with Crippen molar-refractivity contribution in [3.8, 4) is 0 Å². The molecule has 2 unspecified atom stereocenters. The van der Waals surface area contributed by atoms with Gasteiger partial charge in [-0.3, -0.25) is 4.79 Å². The van der Waals surface area contributed by atoms with E-state index in [0.29, 0.717) is 5.25 Å². The Morgan fingerprint density at radius 2 is 2.22 bits per heavy atom. The van der Waals surface area contributed by atoms with Crippen molar-refractivity contribution in [2.24, 2.45) is 0 Å². The van der Waals surface area contributed by atoms with E-state index in [0.717, 1.165) is 19.3 Å². The highest BCUT2D eigenvalue weighted by Crippen LogP contribution is 2.28. The summed E-state index contributed by atoms with van der Waals surface area (Å²) in [5, 5.41) is 10.9. The van der Waals surface area contributed by atoms with E-state index in [1.165, 1.54) is 6.07 Å². The molecule has 1 heterocycles. The fourth-order valence-electron chi connectivity index (χ4n) is 2.13. The molecule has 2 rings (SSSR count). The number of nitrogens with zero attached hydrogens (tertiary/aromatic N) is 2. The smallest absolute Gasteiger partial charge is 0.254 e. The Morgan fingerprint density at radius 3 is 2.94 bits per heavy atom. The molecule has 0 aliphatic heterocycles. The van der Waals surface area contributed by atoms with Crippen molar-refractivity contribution in [2.75, 3.05) is 6.26 Å². The summed E-state index contributed by atoms with van der Waals surface area (Å²) in [6.07, 6.45) is 5.34. The van der Waals surface area contributed by atoms with Crippen LogP contribution in [0, 0.1) is 0 Å². The van der Waals surface area contributed by atoms with Crippen molar-refractivity contribution in [1.29, 1.82) is 0 Å². The molecule has 1 saturated carbocycles. The lowest BCUT2D eigenvalue weighted by molar-refractivity contribution is 0.0938. The average Bonchev–Trinajstić information content (AvgIpc) is 2.79. The van der Waals surface area contributed by atoms with Gasteiger partial charge in [-0.25, -0.2) is 0 Å². The molecule has 7 heteroatoms. The number of amides is 1. The van der Waals surface area contributed by atoms with Gasteiger partial charge >= 0.3 is 0 Å². The number of rotatable bonds is 3. The highest BCUT2D eigenvalue weighted by Gasteiger charge is 2.28. The Morgan fingerprint density at radius 1 is 1.44 bits per heavy atom. The molecule has 1 aliphatic carbocycles.